The number of carbonyl (C=O) groups is 2. The molecule has 8 heteroatoms. The van der Waals surface area contributed by atoms with Crippen LogP contribution >= 0.6 is 0 Å². The van der Waals surface area contributed by atoms with Crippen molar-refractivity contribution in [3.05, 3.63) is 93.4 Å². The van der Waals surface area contributed by atoms with Crippen LogP contribution < -0.4 is 0 Å². The van der Waals surface area contributed by atoms with Gasteiger partial charge in [0.25, 0.3) is 0 Å². The Labute approximate surface area is 172 Å². The van der Waals surface area contributed by atoms with E-state index in [9.17, 15) is 25.1 Å². The minimum Gasteiger partial charge on any atom is -0.762 e. The third-order valence-electron chi connectivity index (χ3n) is 4.96. The summed E-state index contributed by atoms with van der Waals surface area (Å²) in [4.78, 5) is 25.1. The fraction of sp³-hybridized carbons (Fsp3) is 0.182. The van der Waals surface area contributed by atoms with E-state index >= 15 is 0 Å². The van der Waals surface area contributed by atoms with Crippen LogP contribution in [-0.4, -0.2) is 41.7 Å². The number of aliphatic hydroxyl groups excluding tert-OH is 1. The molecule has 1 aliphatic rings. The van der Waals surface area contributed by atoms with Crippen LogP contribution in [0, 0.1) is 5.21 Å². The summed E-state index contributed by atoms with van der Waals surface area (Å²) in [6.07, 6.45) is 1.37. The van der Waals surface area contributed by atoms with Crippen molar-refractivity contribution < 1.29 is 29.4 Å². The summed E-state index contributed by atoms with van der Waals surface area (Å²) in [5, 5.41) is 33.0. The average molecular weight is 410 g/mol. The number of hydroxylamine groups is 2. The molecule has 2 atom stereocenters. The molecule has 0 aromatic heterocycles. The van der Waals surface area contributed by atoms with E-state index in [0.717, 1.165) is 14.2 Å². The molecule has 1 aliphatic carbocycles. The highest BCUT2D eigenvalue weighted by Gasteiger charge is 2.40. The zero-order chi connectivity index (χ0) is 21.8. The molecular formula is C22H20NO7-. The minimum absolute atomic E-state index is 0.268. The van der Waals surface area contributed by atoms with Gasteiger partial charge in [-0.25, -0.2) is 9.59 Å². The second kappa shape index (κ2) is 8.91. The van der Waals surface area contributed by atoms with Crippen LogP contribution in [0.5, 0.6) is 0 Å². The van der Waals surface area contributed by atoms with E-state index in [1.54, 1.807) is 54.6 Å². The van der Waals surface area contributed by atoms with Crippen LogP contribution in [0.25, 0.3) is 6.08 Å². The first-order chi connectivity index (χ1) is 14.4. The van der Waals surface area contributed by atoms with Crippen LogP contribution in [0.1, 0.15) is 28.7 Å². The van der Waals surface area contributed by atoms with E-state index in [2.05, 4.69) is 0 Å². The van der Waals surface area contributed by atoms with Crippen LogP contribution in [0.15, 0.2) is 71.5 Å². The van der Waals surface area contributed by atoms with Crippen molar-refractivity contribution in [3.8, 4) is 0 Å². The quantitative estimate of drug-likeness (QED) is 0.569. The molecule has 0 bridgehead atoms. The third-order valence-corrected chi connectivity index (χ3v) is 4.96. The Morgan fingerprint density at radius 3 is 2.20 bits per heavy atom. The number of ether oxygens (including phenoxy) is 2. The number of fused-ring (bicyclic) bond motifs is 1. The fourth-order valence-electron chi connectivity index (χ4n) is 3.62. The molecule has 0 spiro atoms. The number of carbonyl (C=O) groups excluding carboxylic acids is 2. The molecule has 0 fully saturated rings. The van der Waals surface area contributed by atoms with E-state index in [1.807, 2.05) is 0 Å². The first-order valence-electron chi connectivity index (χ1n) is 9.01. The maximum absolute atomic E-state index is 12.7. The monoisotopic (exact) mass is 410 g/mol. The number of rotatable bonds is 5. The van der Waals surface area contributed by atoms with Crippen LogP contribution in [-0.2, 0) is 19.1 Å². The lowest BCUT2D eigenvalue weighted by Gasteiger charge is -2.38. The van der Waals surface area contributed by atoms with E-state index in [4.69, 9.17) is 9.47 Å². The van der Waals surface area contributed by atoms with E-state index in [-0.39, 0.29) is 16.4 Å². The number of methoxy groups -OCH3 is 2. The SMILES string of the molecule is COC(=O)C1=Cc2ccccc2C(C(c2ccccc2)N([O-])O)C(C(=O)OC)=C1O. The number of nitrogens with zero attached hydrogens (tertiary/aromatic N) is 1. The van der Waals surface area contributed by atoms with Crippen LogP contribution in [0.3, 0.4) is 0 Å². The molecule has 2 N–H and O–H groups in total. The molecule has 30 heavy (non-hydrogen) atoms. The maximum Gasteiger partial charge on any atom is 0.341 e. The molecule has 2 aromatic carbocycles. The lowest BCUT2D eigenvalue weighted by atomic mass is 9.80. The Morgan fingerprint density at radius 2 is 1.60 bits per heavy atom. The van der Waals surface area contributed by atoms with Crippen molar-refractivity contribution in [2.45, 2.75) is 12.0 Å². The molecule has 8 nitrogen and oxygen atoms in total. The van der Waals surface area contributed by atoms with Crippen molar-refractivity contribution in [1.82, 2.24) is 5.23 Å². The smallest absolute Gasteiger partial charge is 0.341 e. The summed E-state index contributed by atoms with van der Waals surface area (Å²) in [6.45, 7) is 0. The molecule has 0 heterocycles. The fourth-order valence-corrected chi connectivity index (χ4v) is 3.62. The molecule has 0 aliphatic heterocycles. The second-order valence-electron chi connectivity index (χ2n) is 6.57. The molecular weight excluding hydrogens is 390 g/mol. The lowest BCUT2D eigenvalue weighted by Crippen LogP contribution is -2.30. The number of esters is 2. The predicted octanol–water partition coefficient (Wildman–Crippen LogP) is 3.26. The van der Waals surface area contributed by atoms with Gasteiger partial charge in [-0.05, 0) is 22.8 Å². The van der Waals surface area contributed by atoms with Gasteiger partial charge in [0.1, 0.15) is 11.3 Å². The number of benzene rings is 2. The zero-order valence-electron chi connectivity index (χ0n) is 16.3. The van der Waals surface area contributed by atoms with Crippen molar-refractivity contribution >= 4 is 18.0 Å². The van der Waals surface area contributed by atoms with E-state index < -0.39 is 29.7 Å². The molecule has 2 aromatic rings. The minimum atomic E-state index is -1.31. The first-order valence-corrected chi connectivity index (χ1v) is 9.01. The number of aliphatic hydroxyl groups is 1. The van der Waals surface area contributed by atoms with Crippen molar-refractivity contribution in [2.75, 3.05) is 14.2 Å². The van der Waals surface area contributed by atoms with Crippen molar-refractivity contribution in [3.63, 3.8) is 0 Å². The summed E-state index contributed by atoms with van der Waals surface area (Å²) < 4.78 is 9.60. The van der Waals surface area contributed by atoms with Crippen molar-refractivity contribution in [2.24, 2.45) is 0 Å². The average Bonchev–Trinajstić information content (AvgIpc) is 2.88. The molecule has 2 unspecified atom stereocenters. The first kappa shape index (κ1) is 21.3. The Morgan fingerprint density at radius 1 is 1.00 bits per heavy atom. The standard InChI is InChI=1S/C22H20NO7/c1-29-21(25)16-12-14-10-6-7-11-15(14)17(18(20(16)24)22(26)30-2)19(23(27)28)13-8-4-3-5-9-13/h3-12,17,19,24,27H,1-2H3/q-1. The predicted molar refractivity (Wildman–Crippen MR) is 107 cm³/mol. The normalized spacial score (nSPS) is 17.0. The highest BCUT2D eigenvalue weighted by molar-refractivity contribution is 6.03. The topological polar surface area (TPSA) is 119 Å². The van der Waals surface area contributed by atoms with Gasteiger partial charge in [0, 0.05) is 5.92 Å². The van der Waals surface area contributed by atoms with Gasteiger partial charge in [-0.1, -0.05) is 54.6 Å². The maximum atomic E-state index is 12.7. The van der Waals surface area contributed by atoms with Gasteiger partial charge < -0.3 is 25.0 Å². The van der Waals surface area contributed by atoms with Gasteiger partial charge in [0.2, 0.25) is 0 Å². The molecule has 0 radical (unpaired) electrons. The van der Waals surface area contributed by atoms with Gasteiger partial charge in [0.05, 0.1) is 25.8 Å². The summed E-state index contributed by atoms with van der Waals surface area (Å²) in [5.41, 5.74) is 0.687. The molecule has 3 rings (SSSR count). The molecule has 156 valence electrons. The third kappa shape index (κ3) is 3.84. The Bertz CT molecular complexity index is 1010. The Kier molecular flexibility index (Phi) is 6.31. The van der Waals surface area contributed by atoms with Crippen molar-refractivity contribution in [1.29, 1.82) is 0 Å². The molecule has 0 saturated carbocycles. The number of hydrogen-bond acceptors (Lipinski definition) is 8. The number of hydrogen-bond donors (Lipinski definition) is 2. The van der Waals surface area contributed by atoms with E-state index in [1.165, 1.54) is 6.08 Å². The van der Waals surface area contributed by atoms with Gasteiger partial charge >= 0.3 is 11.9 Å². The summed E-state index contributed by atoms with van der Waals surface area (Å²) in [6, 6.07) is 13.7. The summed E-state index contributed by atoms with van der Waals surface area (Å²) >= 11 is 0. The van der Waals surface area contributed by atoms with E-state index in [0.29, 0.717) is 16.7 Å². The van der Waals surface area contributed by atoms with Gasteiger partial charge in [-0.15, -0.1) is 0 Å². The summed E-state index contributed by atoms with van der Waals surface area (Å²) in [7, 11) is 2.26. The largest absolute Gasteiger partial charge is 0.762 e. The highest BCUT2D eigenvalue weighted by atomic mass is 16.8. The molecule has 0 amide bonds. The molecule has 0 saturated heterocycles. The summed E-state index contributed by atoms with van der Waals surface area (Å²) in [5.74, 6) is -3.66. The lowest BCUT2D eigenvalue weighted by molar-refractivity contribution is -0.137. The highest BCUT2D eigenvalue weighted by Crippen LogP contribution is 2.45. The van der Waals surface area contributed by atoms with Gasteiger partial charge in [-0.2, -0.15) is 0 Å². The second-order valence-corrected chi connectivity index (χ2v) is 6.57. The van der Waals surface area contributed by atoms with Gasteiger partial charge in [0.15, 0.2) is 0 Å². The van der Waals surface area contributed by atoms with Crippen LogP contribution in [0.4, 0.5) is 0 Å². The van der Waals surface area contributed by atoms with Crippen LogP contribution in [0.2, 0.25) is 0 Å². The Balaban J connectivity index is 2.37. The zero-order valence-corrected chi connectivity index (χ0v) is 16.3. The Hall–Kier alpha value is -3.46. The van der Waals surface area contributed by atoms with Gasteiger partial charge in [-0.3, -0.25) is 5.23 Å².